The number of hydrogen-bond donors (Lipinski definition) is 2. The SMILES string of the molecule is COC(=O)C(NC(=O)CCNC(=O)c1ccoc1)C(C)C. The molecule has 0 spiro atoms. The second kappa shape index (κ2) is 8.08. The van der Waals surface area contributed by atoms with Gasteiger partial charge in [0, 0.05) is 13.0 Å². The third-order valence-electron chi connectivity index (χ3n) is 2.86. The van der Waals surface area contributed by atoms with Gasteiger partial charge in [-0.25, -0.2) is 4.79 Å². The highest BCUT2D eigenvalue weighted by Gasteiger charge is 2.24. The van der Waals surface area contributed by atoms with Crippen molar-refractivity contribution in [1.82, 2.24) is 10.6 Å². The number of furan rings is 1. The lowest BCUT2D eigenvalue weighted by Crippen LogP contribution is -2.45. The molecule has 1 atom stereocenters. The minimum atomic E-state index is -0.688. The van der Waals surface area contributed by atoms with Gasteiger partial charge in [-0.05, 0) is 12.0 Å². The van der Waals surface area contributed by atoms with Crippen molar-refractivity contribution >= 4 is 17.8 Å². The van der Waals surface area contributed by atoms with Crippen LogP contribution in [0.2, 0.25) is 0 Å². The molecule has 0 bridgehead atoms. The van der Waals surface area contributed by atoms with E-state index in [1.807, 2.05) is 13.8 Å². The van der Waals surface area contributed by atoms with Crippen LogP contribution < -0.4 is 10.6 Å². The van der Waals surface area contributed by atoms with E-state index in [4.69, 9.17) is 4.42 Å². The normalized spacial score (nSPS) is 11.8. The molecule has 1 aromatic rings. The molecule has 21 heavy (non-hydrogen) atoms. The molecule has 1 unspecified atom stereocenters. The fraction of sp³-hybridized carbons (Fsp3) is 0.500. The van der Waals surface area contributed by atoms with Gasteiger partial charge in [0.05, 0.1) is 18.9 Å². The van der Waals surface area contributed by atoms with Crippen LogP contribution in [0.15, 0.2) is 23.0 Å². The lowest BCUT2D eigenvalue weighted by Gasteiger charge is -2.19. The molecule has 1 heterocycles. The number of ether oxygens (including phenoxy) is 1. The Bertz CT molecular complexity index is 482. The van der Waals surface area contributed by atoms with Crippen LogP contribution in [0.5, 0.6) is 0 Å². The van der Waals surface area contributed by atoms with Crippen LogP contribution in [0.3, 0.4) is 0 Å². The minimum Gasteiger partial charge on any atom is -0.472 e. The summed E-state index contributed by atoms with van der Waals surface area (Å²) in [6, 6.07) is 0.841. The monoisotopic (exact) mass is 296 g/mol. The van der Waals surface area contributed by atoms with Gasteiger partial charge in [-0.2, -0.15) is 0 Å². The van der Waals surface area contributed by atoms with Crippen molar-refractivity contribution in [3.8, 4) is 0 Å². The smallest absolute Gasteiger partial charge is 0.328 e. The highest BCUT2D eigenvalue weighted by Crippen LogP contribution is 2.04. The first-order chi connectivity index (χ1) is 9.95. The molecule has 0 fully saturated rings. The standard InChI is InChI=1S/C14H20N2O5/c1-9(2)12(14(19)20-3)16-11(17)4-6-15-13(18)10-5-7-21-8-10/h5,7-9,12H,4,6H2,1-3H3,(H,15,18)(H,16,17). The Labute approximate surface area is 123 Å². The first-order valence-corrected chi connectivity index (χ1v) is 6.63. The molecule has 0 aliphatic carbocycles. The van der Waals surface area contributed by atoms with E-state index in [0.717, 1.165) is 0 Å². The molecule has 2 N–H and O–H groups in total. The van der Waals surface area contributed by atoms with Crippen LogP contribution in [-0.4, -0.2) is 37.5 Å². The van der Waals surface area contributed by atoms with Gasteiger partial charge in [0.15, 0.2) is 0 Å². The lowest BCUT2D eigenvalue weighted by molar-refractivity contribution is -0.146. The van der Waals surface area contributed by atoms with Crippen LogP contribution in [-0.2, 0) is 14.3 Å². The van der Waals surface area contributed by atoms with Crippen molar-refractivity contribution in [2.24, 2.45) is 5.92 Å². The largest absolute Gasteiger partial charge is 0.472 e. The van der Waals surface area contributed by atoms with E-state index in [9.17, 15) is 14.4 Å². The zero-order valence-corrected chi connectivity index (χ0v) is 12.3. The van der Waals surface area contributed by atoms with E-state index in [0.29, 0.717) is 5.56 Å². The van der Waals surface area contributed by atoms with Crippen LogP contribution in [0.25, 0.3) is 0 Å². The summed E-state index contributed by atoms with van der Waals surface area (Å²) in [6.45, 7) is 3.78. The molecule has 2 amide bonds. The summed E-state index contributed by atoms with van der Waals surface area (Å²) in [5.74, 6) is -1.21. The van der Waals surface area contributed by atoms with Crippen molar-refractivity contribution in [3.05, 3.63) is 24.2 Å². The zero-order chi connectivity index (χ0) is 15.8. The molecule has 116 valence electrons. The fourth-order valence-corrected chi connectivity index (χ4v) is 1.66. The van der Waals surface area contributed by atoms with Crippen molar-refractivity contribution in [2.45, 2.75) is 26.3 Å². The lowest BCUT2D eigenvalue weighted by atomic mass is 10.0. The first kappa shape index (κ1) is 16.7. The van der Waals surface area contributed by atoms with Gasteiger partial charge in [-0.3, -0.25) is 9.59 Å². The van der Waals surface area contributed by atoms with Crippen molar-refractivity contribution < 1.29 is 23.5 Å². The maximum absolute atomic E-state index is 11.8. The third kappa shape index (κ3) is 5.29. The van der Waals surface area contributed by atoms with Crippen molar-refractivity contribution in [3.63, 3.8) is 0 Å². The van der Waals surface area contributed by atoms with Crippen LogP contribution in [0.4, 0.5) is 0 Å². The third-order valence-corrected chi connectivity index (χ3v) is 2.86. The summed E-state index contributed by atoms with van der Waals surface area (Å²) in [4.78, 5) is 34.9. The van der Waals surface area contributed by atoms with Gasteiger partial charge >= 0.3 is 5.97 Å². The van der Waals surface area contributed by atoms with E-state index >= 15 is 0 Å². The molecular weight excluding hydrogens is 276 g/mol. The number of esters is 1. The van der Waals surface area contributed by atoms with Crippen LogP contribution in [0.1, 0.15) is 30.6 Å². The Morgan fingerprint density at radius 2 is 2.05 bits per heavy atom. The summed E-state index contributed by atoms with van der Waals surface area (Å²) in [5, 5.41) is 5.18. The average molecular weight is 296 g/mol. The number of carbonyl (C=O) groups excluding carboxylic acids is 3. The summed E-state index contributed by atoms with van der Waals surface area (Å²) >= 11 is 0. The van der Waals surface area contributed by atoms with Crippen LogP contribution in [0, 0.1) is 5.92 Å². The second-order valence-corrected chi connectivity index (χ2v) is 4.83. The molecule has 0 saturated heterocycles. The van der Waals surface area contributed by atoms with Gasteiger partial charge in [0.2, 0.25) is 5.91 Å². The molecule has 1 rings (SSSR count). The Kier molecular flexibility index (Phi) is 6.45. The minimum absolute atomic E-state index is 0.0732. The number of methoxy groups -OCH3 is 1. The van der Waals surface area contributed by atoms with E-state index in [1.165, 1.54) is 25.7 Å². The van der Waals surface area contributed by atoms with Gasteiger partial charge < -0.3 is 19.8 Å². The van der Waals surface area contributed by atoms with Crippen molar-refractivity contribution in [1.29, 1.82) is 0 Å². The highest BCUT2D eigenvalue weighted by atomic mass is 16.5. The molecule has 0 radical (unpaired) electrons. The Morgan fingerprint density at radius 3 is 2.57 bits per heavy atom. The number of carbonyl (C=O) groups is 3. The zero-order valence-electron chi connectivity index (χ0n) is 12.3. The summed E-state index contributed by atoms with van der Waals surface area (Å²) in [7, 11) is 1.27. The molecule has 0 saturated carbocycles. The average Bonchev–Trinajstić information content (AvgIpc) is 2.97. The topological polar surface area (TPSA) is 97.6 Å². The van der Waals surface area contributed by atoms with Crippen LogP contribution >= 0.6 is 0 Å². The molecule has 0 aromatic carbocycles. The Morgan fingerprint density at radius 1 is 1.33 bits per heavy atom. The fourth-order valence-electron chi connectivity index (χ4n) is 1.66. The molecule has 0 aliphatic rings. The number of nitrogens with one attached hydrogen (secondary N) is 2. The Hall–Kier alpha value is -2.31. The maximum Gasteiger partial charge on any atom is 0.328 e. The van der Waals surface area contributed by atoms with E-state index in [1.54, 1.807) is 0 Å². The molecule has 7 nitrogen and oxygen atoms in total. The Balaban J connectivity index is 2.36. The van der Waals surface area contributed by atoms with E-state index < -0.39 is 12.0 Å². The number of amides is 2. The quantitative estimate of drug-likeness (QED) is 0.722. The highest BCUT2D eigenvalue weighted by molar-refractivity contribution is 5.94. The summed E-state index contributed by atoms with van der Waals surface area (Å²) in [6.07, 6.45) is 2.79. The van der Waals surface area contributed by atoms with Crippen molar-refractivity contribution in [2.75, 3.05) is 13.7 Å². The summed E-state index contributed by atoms with van der Waals surface area (Å²) < 4.78 is 9.42. The number of rotatable bonds is 7. The van der Waals surface area contributed by atoms with Gasteiger partial charge in [0.25, 0.3) is 5.91 Å². The number of hydrogen-bond acceptors (Lipinski definition) is 5. The molecule has 0 aliphatic heterocycles. The van der Waals surface area contributed by atoms with E-state index in [-0.39, 0.29) is 30.7 Å². The molecule has 7 heteroatoms. The van der Waals surface area contributed by atoms with Gasteiger partial charge in [0.1, 0.15) is 12.3 Å². The first-order valence-electron chi connectivity index (χ1n) is 6.63. The maximum atomic E-state index is 11.8. The van der Waals surface area contributed by atoms with Gasteiger partial charge in [-0.1, -0.05) is 13.8 Å². The molecular formula is C14H20N2O5. The van der Waals surface area contributed by atoms with E-state index in [2.05, 4.69) is 15.4 Å². The second-order valence-electron chi connectivity index (χ2n) is 4.83. The summed E-state index contributed by atoms with van der Waals surface area (Å²) in [5.41, 5.74) is 0.394. The molecule has 1 aromatic heterocycles. The predicted octanol–water partition coefficient (Wildman–Crippen LogP) is 0.713. The van der Waals surface area contributed by atoms with Gasteiger partial charge in [-0.15, -0.1) is 0 Å². The predicted molar refractivity (Wildman–Crippen MR) is 74.4 cm³/mol.